The predicted molar refractivity (Wildman–Crippen MR) is 105 cm³/mol. The molecule has 0 spiro atoms. The topological polar surface area (TPSA) is 37.3 Å². The van der Waals surface area contributed by atoms with E-state index in [4.69, 9.17) is 0 Å². The molecule has 4 aromatic rings. The summed E-state index contributed by atoms with van der Waals surface area (Å²) in [5.41, 5.74) is 1.36. The van der Waals surface area contributed by atoms with E-state index in [1.54, 1.807) is 0 Å². The van der Waals surface area contributed by atoms with Crippen LogP contribution in [0.4, 0.5) is 0 Å². The number of ketones is 1. The molecule has 0 heterocycles. The van der Waals surface area contributed by atoms with Gasteiger partial charge in [0, 0.05) is 5.56 Å². The second-order valence-corrected chi connectivity index (χ2v) is 7.25. The minimum absolute atomic E-state index is 0.0235. The summed E-state index contributed by atoms with van der Waals surface area (Å²) in [4.78, 5) is 13.5. The molecule has 0 saturated heterocycles. The maximum Gasteiger partial charge on any atom is 0.176 e. The van der Waals surface area contributed by atoms with E-state index >= 15 is 0 Å². The van der Waals surface area contributed by atoms with Gasteiger partial charge in [0.25, 0.3) is 0 Å². The van der Waals surface area contributed by atoms with Crippen molar-refractivity contribution in [1.29, 1.82) is 0 Å². The highest BCUT2D eigenvalue weighted by molar-refractivity contribution is 6.16. The van der Waals surface area contributed by atoms with Crippen molar-refractivity contribution >= 4 is 27.3 Å². The molecule has 0 bridgehead atoms. The van der Waals surface area contributed by atoms with Gasteiger partial charge in [-0.25, -0.2) is 0 Å². The Morgan fingerprint density at radius 2 is 1.50 bits per heavy atom. The summed E-state index contributed by atoms with van der Waals surface area (Å²) in [6.07, 6.45) is -0.880. The first kappa shape index (κ1) is 15.3. The van der Waals surface area contributed by atoms with E-state index in [9.17, 15) is 9.90 Å². The number of benzene rings is 4. The van der Waals surface area contributed by atoms with Crippen LogP contribution in [0, 0.1) is 0 Å². The third kappa shape index (κ3) is 1.88. The third-order valence-corrected chi connectivity index (χ3v) is 5.84. The zero-order valence-electron chi connectivity index (χ0n) is 14.4. The lowest BCUT2D eigenvalue weighted by molar-refractivity contribution is 0.0582. The summed E-state index contributed by atoms with van der Waals surface area (Å²) in [5.74, 6) is -0.0235. The van der Waals surface area contributed by atoms with Crippen LogP contribution in [0.3, 0.4) is 0 Å². The fourth-order valence-electron chi connectivity index (χ4n) is 4.30. The van der Waals surface area contributed by atoms with Gasteiger partial charge in [0.15, 0.2) is 5.78 Å². The van der Waals surface area contributed by atoms with Gasteiger partial charge in [-0.05, 0) is 39.6 Å². The molecule has 2 nitrogen and oxygen atoms in total. The van der Waals surface area contributed by atoms with E-state index in [1.165, 1.54) is 0 Å². The molecular weight excluding hydrogens is 320 g/mol. The predicted octanol–water partition coefficient (Wildman–Crippen LogP) is 5.18. The number of carbonyl (C=O) groups is 1. The van der Waals surface area contributed by atoms with Crippen molar-refractivity contribution in [1.82, 2.24) is 0 Å². The first-order chi connectivity index (χ1) is 12.6. The zero-order chi connectivity index (χ0) is 17.9. The lowest BCUT2D eigenvalue weighted by Crippen LogP contribution is -2.42. The van der Waals surface area contributed by atoms with Crippen LogP contribution in [0.1, 0.15) is 34.5 Å². The number of carbonyl (C=O) groups excluding carboxylic acids is 1. The average Bonchev–Trinajstić information content (AvgIpc) is 2.70. The van der Waals surface area contributed by atoms with Gasteiger partial charge in [0.2, 0.25) is 0 Å². The molecule has 0 fully saturated rings. The normalized spacial score (nSPS) is 22.1. The molecule has 0 amide bonds. The zero-order valence-corrected chi connectivity index (χ0v) is 14.4. The minimum Gasteiger partial charge on any atom is -0.387 e. The molecule has 2 atom stereocenters. The number of aliphatic hydroxyl groups is 1. The molecule has 0 radical (unpaired) electrons. The van der Waals surface area contributed by atoms with Crippen LogP contribution in [0.5, 0.6) is 0 Å². The number of hydrogen-bond acceptors (Lipinski definition) is 2. The number of hydrogen-bond donors (Lipinski definition) is 1. The molecule has 0 aromatic heterocycles. The summed E-state index contributed by atoms with van der Waals surface area (Å²) in [6.45, 7) is 1.86. The van der Waals surface area contributed by atoms with E-state index in [0.29, 0.717) is 5.56 Å². The van der Waals surface area contributed by atoms with E-state index in [0.717, 1.165) is 32.7 Å². The molecule has 1 aliphatic rings. The van der Waals surface area contributed by atoms with Crippen molar-refractivity contribution in [2.45, 2.75) is 18.4 Å². The maximum atomic E-state index is 13.5. The highest BCUT2D eigenvalue weighted by atomic mass is 16.3. The van der Waals surface area contributed by atoms with Gasteiger partial charge in [-0.2, -0.15) is 0 Å². The molecule has 4 aromatic carbocycles. The van der Waals surface area contributed by atoms with Crippen LogP contribution in [-0.2, 0) is 5.41 Å². The second kappa shape index (κ2) is 5.26. The smallest absolute Gasteiger partial charge is 0.176 e. The van der Waals surface area contributed by atoms with Gasteiger partial charge in [-0.15, -0.1) is 0 Å². The summed E-state index contributed by atoms with van der Waals surface area (Å²) < 4.78 is 0. The molecule has 1 aliphatic carbocycles. The number of aliphatic hydroxyl groups excluding tert-OH is 1. The molecule has 2 unspecified atom stereocenters. The van der Waals surface area contributed by atoms with Crippen molar-refractivity contribution < 1.29 is 9.90 Å². The van der Waals surface area contributed by atoms with Crippen molar-refractivity contribution in [2.75, 3.05) is 0 Å². The van der Waals surface area contributed by atoms with E-state index in [2.05, 4.69) is 6.07 Å². The van der Waals surface area contributed by atoms with Gasteiger partial charge >= 0.3 is 0 Å². The summed E-state index contributed by atoms with van der Waals surface area (Å²) in [6, 6.07) is 25.7. The lowest BCUT2D eigenvalue weighted by Gasteiger charge is -2.38. The maximum absolute atomic E-state index is 13.5. The van der Waals surface area contributed by atoms with Crippen LogP contribution in [0.25, 0.3) is 21.5 Å². The minimum atomic E-state index is -1.01. The Morgan fingerprint density at radius 1 is 0.808 bits per heavy atom. The highest BCUT2D eigenvalue weighted by Gasteiger charge is 2.47. The standard InChI is InChI=1S/C24H18O2/c1-24(18-13-12-15-6-2-3-7-17(15)14-18)22(25)19-10-4-8-16-9-5-11-20(21(16)19)23(24)26/h2-14,22,25H,1H3. The van der Waals surface area contributed by atoms with Crippen molar-refractivity contribution in [3.05, 3.63) is 95.6 Å². The Morgan fingerprint density at radius 3 is 2.31 bits per heavy atom. The van der Waals surface area contributed by atoms with Crippen LogP contribution < -0.4 is 0 Å². The Balaban J connectivity index is 1.79. The summed E-state index contributed by atoms with van der Waals surface area (Å²) in [5, 5.41) is 15.3. The SMILES string of the molecule is CC1(c2ccc3ccccc3c2)C(=O)c2cccc3cccc(c23)C1O. The summed E-state index contributed by atoms with van der Waals surface area (Å²) >= 11 is 0. The molecule has 0 saturated carbocycles. The van der Waals surface area contributed by atoms with E-state index in [1.807, 2.05) is 79.7 Å². The van der Waals surface area contributed by atoms with Crippen LogP contribution >= 0.6 is 0 Å². The Labute approximate surface area is 151 Å². The van der Waals surface area contributed by atoms with Crippen LogP contribution in [0.2, 0.25) is 0 Å². The number of Topliss-reactive ketones (excluding diaryl/α,β-unsaturated/α-hetero) is 1. The molecule has 0 aliphatic heterocycles. The third-order valence-electron chi connectivity index (χ3n) is 5.84. The average molecular weight is 338 g/mol. The highest BCUT2D eigenvalue weighted by Crippen LogP contribution is 2.47. The molecule has 126 valence electrons. The number of fused-ring (bicyclic) bond motifs is 1. The van der Waals surface area contributed by atoms with E-state index < -0.39 is 11.5 Å². The quantitative estimate of drug-likeness (QED) is 0.519. The number of rotatable bonds is 1. The Hall–Kier alpha value is -2.97. The second-order valence-electron chi connectivity index (χ2n) is 7.25. The molecule has 2 heteroatoms. The van der Waals surface area contributed by atoms with E-state index in [-0.39, 0.29) is 5.78 Å². The fourth-order valence-corrected chi connectivity index (χ4v) is 4.30. The molecule has 5 rings (SSSR count). The first-order valence-corrected chi connectivity index (χ1v) is 8.84. The van der Waals surface area contributed by atoms with Gasteiger partial charge in [0.05, 0.1) is 11.5 Å². The van der Waals surface area contributed by atoms with Crippen molar-refractivity contribution in [3.63, 3.8) is 0 Å². The molecule has 26 heavy (non-hydrogen) atoms. The monoisotopic (exact) mass is 338 g/mol. The van der Waals surface area contributed by atoms with Crippen molar-refractivity contribution in [3.8, 4) is 0 Å². The van der Waals surface area contributed by atoms with Gasteiger partial charge < -0.3 is 5.11 Å². The van der Waals surface area contributed by atoms with Gasteiger partial charge in [-0.1, -0.05) is 78.9 Å². The van der Waals surface area contributed by atoms with Gasteiger partial charge in [0.1, 0.15) is 0 Å². The Kier molecular flexibility index (Phi) is 3.10. The van der Waals surface area contributed by atoms with Crippen LogP contribution in [0.15, 0.2) is 78.9 Å². The van der Waals surface area contributed by atoms with Gasteiger partial charge in [-0.3, -0.25) is 4.79 Å². The largest absolute Gasteiger partial charge is 0.387 e. The molecule has 1 N–H and O–H groups in total. The lowest BCUT2D eigenvalue weighted by atomic mass is 9.65. The first-order valence-electron chi connectivity index (χ1n) is 8.84. The molecular formula is C24H18O2. The summed E-state index contributed by atoms with van der Waals surface area (Å²) in [7, 11) is 0. The van der Waals surface area contributed by atoms with Crippen molar-refractivity contribution in [2.24, 2.45) is 0 Å². The van der Waals surface area contributed by atoms with Crippen LogP contribution in [-0.4, -0.2) is 10.9 Å². The fraction of sp³-hybridized carbons (Fsp3) is 0.125. The Bertz CT molecular complexity index is 1190.